The number of carbonyl (C=O) groups excluding carboxylic acids is 1. The van der Waals surface area contributed by atoms with Crippen LogP contribution in [0.2, 0.25) is 0 Å². The van der Waals surface area contributed by atoms with Crippen molar-refractivity contribution in [2.24, 2.45) is 11.8 Å². The Morgan fingerprint density at radius 2 is 2.07 bits per heavy atom. The number of nitrogens with zero attached hydrogens (tertiary/aromatic N) is 5. The van der Waals surface area contributed by atoms with E-state index >= 15 is 0 Å². The first-order valence-corrected chi connectivity index (χ1v) is 10.4. The van der Waals surface area contributed by atoms with Crippen LogP contribution in [0.3, 0.4) is 0 Å². The average Bonchev–Trinajstić information content (AvgIpc) is 3.31. The second kappa shape index (κ2) is 5.34. The van der Waals surface area contributed by atoms with Crippen LogP contribution in [0.25, 0.3) is 10.2 Å². The summed E-state index contributed by atoms with van der Waals surface area (Å²) in [6, 6.07) is 5.80. The Hall–Kier alpha value is -2.35. The Balaban J connectivity index is 1.33. The molecule has 1 aromatic carbocycles. The van der Waals surface area contributed by atoms with Gasteiger partial charge in [0.15, 0.2) is 6.33 Å². The first-order chi connectivity index (χ1) is 13.1. The van der Waals surface area contributed by atoms with E-state index in [0.29, 0.717) is 17.4 Å². The van der Waals surface area contributed by atoms with Crippen LogP contribution in [-0.2, 0) is 5.54 Å². The Kier molecular flexibility index (Phi) is 3.10. The summed E-state index contributed by atoms with van der Waals surface area (Å²) in [6.45, 7) is 0. The van der Waals surface area contributed by atoms with Crippen molar-refractivity contribution in [2.45, 2.75) is 49.6 Å². The summed E-state index contributed by atoms with van der Waals surface area (Å²) in [4.78, 5) is 19.3. The fourth-order valence-corrected chi connectivity index (χ4v) is 6.95. The molecule has 0 radical (unpaired) electrons. The highest BCUT2D eigenvalue weighted by molar-refractivity contribution is 7.16. The van der Waals surface area contributed by atoms with Gasteiger partial charge in [0.25, 0.3) is 5.91 Å². The molecule has 0 aliphatic heterocycles. The summed E-state index contributed by atoms with van der Waals surface area (Å²) in [7, 11) is 0. The molecule has 2 unspecified atom stereocenters. The molecule has 1 amide bonds. The predicted octanol–water partition coefficient (Wildman–Crippen LogP) is 2.76. The summed E-state index contributed by atoms with van der Waals surface area (Å²) in [6.07, 6.45) is 8.00. The summed E-state index contributed by atoms with van der Waals surface area (Å²) < 4.78 is 1.11. The van der Waals surface area contributed by atoms with Crippen molar-refractivity contribution in [1.82, 2.24) is 30.5 Å². The van der Waals surface area contributed by atoms with Gasteiger partial charge in [-0.1, -0.05) is 0 Å². The first kappa shape index (κ1) is 15.7. The molecule has 4 aliphatic carbocycles. The van der Waals surface area contributed by atoms with E-state index in [1.54, 1.807) is 11.3 Å². The number of hydrogen-bond donors (Lipinski definition) is 1. The minimum atomic E-state index is -0.161. The van der Waals surface area contributed by atoms with Gasteiger partial charge in [-0.05, 0) is 73.8 Å². The van der Waals surface area contributed by atoms with Crippen LogP contribution in [0.4, 0.5) is 0 Å². The number of thiazole rings is 1. The molecule has 27 heavy (non-hydrogen) atoms. The molecule has 3 aromatic rings. The first-order valence-electron chi connectivity index (χ1n) is 9.52. The number of fused-ring (bicyclic) bond motifs is 1. The van der Waals surface area contributed by atoms with Gasteiger partial charge in [0.05, 0.1) is 21.3 Å². The third kappa shape index (κ3) is 2.35. The maximum Gasteiger partial charge on any atom is 0.251 e. The van der Waals surface area contributed by atoms with Gasteiger partial charge in [0.2, 0.25) is 0 Å². The van der Waals surface area contributed by atoms with E-state index < -0.39 is 0 Å². The standard InChI is InChI=1S/C19H20N6OS/c26-17(14-1-2-16-15(4-14)20-11-27-16)23-18-5-12-3-13(6-18)8-19(7-12,9-18)25-22-10-21-24-25/h1-2,4,10-13H,3,5-9H2,(H,23,26). The number of rotatable bonds is 3. The Morgan fingerprint density at radius 3 is 2.85 bits per heavy atom. The molecular weight excluding hydrogens is 360 g/mol. The van der Waals surface area contributed by atoms with Crippen LogP contribution in [0.5, 0.6) is 0 Å². The van der Waals surface area contributed by atoms with Crippen LogP contribution in [-0.4, -0.2) is 36.6 Å². The predicted molar refractivity (Wildman–Crippen MR) is 100 cm³/mol. The van der Waals surface area contributed by atoms with E-state index in [2.05, 4.69) is 25.7 Å². The van der Waals surface area contributed by atoms with Gasteiger partial charge in [-0.25, -0.2) is 4.98 Å². The molecule has 4 saturated carbocycles. The Bertz CT molecular complexity index is 1010. The zero-order chi connectivity index (χ0) is 18.1. The number of carbonyl (C=O) groups is 1. The van der Waals surface area contributed by atoms with E-state index in [4.69, 9.17) is 0 Å². The topological polar surface area (TPSA) is 85.6 Å². The Labute approximate surface area is 160 Å². The highest BCUT2D eigenvalue weighted by Crippen LogP contribution is 2.60. The van der Waals surface area contributed by atoms with Crippen molar-refractivity contribution >= 4 is 27.5 Å². The van der Waals surface area contributed by atoms with Gasteiger partial charge >= 0.3 is 0 Å². The number of tetrazole rings is 1. The summed E-state index contributed by atoms with van der Waals surface area (Å²) in [5, 5.41) is 16.0. The molecule has 4 aliphatic rings. The second-order valence-corrected chi connectivity index (χ2v) is 9.57. The molecule has 0 saturated heterocycles. The lowest BCUT2D eigenvalue weighted by molar-refractivity contribution is -0.0810. The molecule has 8 heteroatoms. The highest BCUT2D eigenvalue weighted by atomic mass is 32.1. The minimum Gasteiger partial charge on any atom is -0.346 e. The SMILES string of the molecule is O=C(NC12CC3CC(C1)CC(n1ncnn1)(C3)C2)c1ccc2scnc2c1. The second-order valence-electron chi connectivity index (χ2n) is 8.68. The van der Waals surface area contributed by atoms with Crippen LogP contribution in [0, 0.1) is 11.8 Å². The van der Waals surface area contributed by atoms with Crippen molar-refractivity contribution in [3.8, 4) is 0 Å². The van der Waals surface area contributed by atoms with E-state index in [9.17, 15) is 4.79 Å². The van der Waals surface area contributed by atoms with Crippen LogP contribution in [0.1, 0.15) is 48.9 Å². The molecule has 138 valence electrons. The molecular formula is C19H20N6OS. The smallest absolute Gasteiger partial charge is 0.251 e. The number of nitrogens with one attached hydrogen (secondary N) is 1. The zero-order valence-electron chi connectivity index (χ0n) is 14.8. The average molecular weight is 380 g/mol. The lowest BCUT2D eigenvalue weighted by atomic mass is 9.50. The molecule has 4 bridgehead atoms. The molecule has 1 N–H and O–H groups in total. The van der Waals surface area contributed by atoms with Gasteiger partial charge < -0.3 is 5.32 Å². The van der Waals surface area contributed by atoms with E-state index in [-0.39, 0.29) is 17.0 Å². The largest absolute Gasteiger partial charge is 0.346 e. The fourth-order valence-electron chi connectivity index (χ4n) is 6.29. The van der Waals surface area contributed by atoms with E-state index in [1.807, 2.05) is 28.5 Å². The van der Waals surface area contributed by atoms with Crippen LogP contribution >= 0.6 is 11.3 Å². The molecule has 0 spiro atoms. The van der Waals surface area contributed by atoms with Gasteiger partial charge in [0, 0.05) is 11.1 Å². The number of benzene rings is 1. The third-order valence-corrected chi connectivity index (χ3v) is 7.58. The number of hydrogen-bond acceptors (Lipinski definition) is 6. The van der Waals surface area contributed by atoms with Crippen molar-refractivity contribution in [3.05, 3.63) is 35.6 Å². The molecule has 7 rings (SSSR count). The minimum absolute atomic E-state index is 0.00792. The lowest BCUT2D eigenvalue weighted by Crippen LogP contribution is -2.66. The van der Waals surface area contributed by atoms with Gasteiger partial charge in [-0.15, -0.1) is 21.5 Å². The molecule has 4 fully saturated rings. The summed E-state index contributed by atoms with van der Waals surface area (Å²) >= 11 is 1.60. The van der Waals surface area contributed by atoms with Crippen LogP contribution in [0.15, 0.2) is 30.0 Å². The summed E-state index contributed by atoms with van der Waals surface area (Å²) in [5.74, 6) is 1.26. The maximum absolute atomic E-state index is 13.1. The summed E-state index contributed by atoms with van der Waals surface area (Å²) in [5.41, 5.74) is 3.15. The van der Waals surface area contributed by atoms with E-state index in [0.717, 1.165) is 42.3 Å². The Morgan fingerprint density at radius 1 is 1.22 bits per heavy atom. The number of amides is 1. The normalized spacial score (nSPS) is 34.2. The van der Waals surface area contributed by atoms with Gasteiger partial charge in [0.1, 0.15) is 0 Å². The highest BCUT2D eigenvalue weighted by Gasteiger charge is 2.60. The fraction of sp³-hybridized carbons (Fsp3) is 0.526. The monoisotopic (exact) mass is 380 g/mol. The molecule has 2 atom stereocenters. The van der Waals surface area contributed by atoms with Crippen molar-refractivity contribution in [3.63, 3.8) is 0 Å². The molecule has 2 heterocycles. The van der Waals surface area contributed by atoms with Crippen LogP contribution < -0.4 is 5.32 Å². The van der Waals surface area contributed by atoms with Crippen molar-refractivity contribution in [2.75, 3.05) is 0 Å². The quantitative estimate of drug-likeness (QED) is 0.755. The third-order valence-electron chi connectivity index (χ3n) is 6.77. The molecule has 2 aromatic heterocycles. The maximum atomic E-state index is 13.1. The number of aromatic nitrogens is 5. The van der Waals surface area contributed by atoms with Gasteiger partial charge in [-0.3, -0.25) is 4.79 Å². The van der Waals surface area contributed by atoms with Crippen molar-refractivity contribution < 1.29 is 4.79 Å². The van der Waals surface area contributed by atoms with E-state index in [1.165, 1.54) is 12.7 Å². The lowest BCUT2D eigenvalue weighted by Gasteiger charge is -2.61. The van der Waals surface area contributed by atoms with Crippen molar-refractivity contribution in [1.29, 1.82) is 0 Å². The zero-order valence-corrected chi connectivity index (χ0v) is 15.7. The van der Waals surface area contributed by atoms with Gasteiger partial charge in [-0.2, -0.15) is 4.80 Å². The molecule has 7 nitrogen and oxygen atoms in total.